The molecule has 0 bridgehead atoms. The first-order valence-corrected chi connectivity index (χ1v) is 9.08. The summed E-state index contributed by atoms with van der Waals surface area (Å²) < 4.78 is 5.73. The number of nitrogens with one attached hydrogen (secondary N) is 2. The normalized spacial score (nSPS) is 22.5. The number of rotatable bonds is 5. The molecular weight excluding hydrogens is 326 g/mol. The number of benzene rings is 2. The van der Waals surface area contributed by atoms with Crippen LogP contribution in [0.5, 0.6) is 0 Å². The molecule has 1 saturated heterocycles. The van der Waals surface area contributed by atoms with E-state index in [1.807, 2.05) is 60.7 Å². The first kappa shape index (κ1) is 18.3. The lowest BCUT2D eigenvalue weighted by atomic mass is 10.0. The van der Waals surface area contributed by atoms with E-state index in [2.05, 4.69) is 24.4 Å². The van der Waals surface area contributed by atoms with Gasteiger partial charge in [-0.15, -0.1) is 0 Å². The zero-order chi connectivity index (χ0) is 18.4. The highest BCUT2D eigenvalue weighted by atomic mass is 16.5. The Balaban J connectivity index is 1.71. The molecular formula is C21H26N3O2+. The third kappa shape index (κ3) is 5.00. The third-order valence-corrected chi connectivity index (χ3v) is 4.41. The molecule has 0 aliphatic carbocycles. The summed E-state index contributed by atoms with van der Waals surface area (Å²) in [6.07, 6.45) is 0.350. The van der Waals surface area contributed by atoms with Crippen LogP contribution in [0.4, 0.5) is 0 Å². The van der Waals surface area contributed by atoms with E-state index in [4.69, 9.17) is 4.74 Å². The van der Waals surface area contributed by atoms with Crippen molar-refractivity contribution in [3.8, 4) is 0 Å². The van der Waals surface area contributed by atoms with Crippen LogP contribution in [0.25, 0.3) is 0 Å². The van der Waals surface area contributed by atoms with E-state index in [0.29, 0.717) is 6.54 Å². The SMILES string of the molecule is C[C@@H]1C[NH+](CC(=O)NN=C(c2ccccc2)c2ccccc2)C[C@@H](C)O1. The lowest BCUT2D eigenvalue weighted by Gasteiger charge is -2.31. The van der Waals surface area contributed by atoms with Gasteiger partial charge in [0, 0.05) is 11.1 Å². The number of morpholine rings is 1. The second kappa shape index (κ2) is 8.74. The molecule has 1 amide bonds. The molecule has 5 heteroatoms. The molecule has 1 aliphatic heterocycles. The van der Waals surface area contributed by atoms with Gasteiger partial charge in [-0.25, -0.2) is 5.43 Å². The van der Waals surface area contributed by atoms with Crippen molar-refractivity contribution in [2.45, 2.75) is 26.1 Å². The summed E-state index contributed by atoms with van der Waals surface area (Å²) in [7, 11) is 0. The first-order valence-electron chi connectivity index (χ1n) is 9.08. The number of ether oxygens (including phenoxy) is 1. The number of carbonyl (C=O) groups is 1. The van der Waals surface area contributed by atoms with E-state index in [1.165, 1.54) is 4.90 Å². The zero-order valence-electron chi connectivity index (χ0n) is 15.3. The molecule has 0 saturated carbocycles. The molecule has 2 atom stereocenters. The van der Waals surface area contributed by atoms with Gasteiger partial charge < -0.3 is 9.64 Å². The largest absolute Gasteiger partial charge is 0.364 e. The first-order chi connectivity index (χ1) is 12.6. The van der Waals surface area contributed by atoms with Crippen LogP contribution in [0.1, 0.15) is 25.0 Å². The smallest absolute Gasteiger partial charge is 0.295 e. The monoisotopic (exact) mass is 352 g/mol. The fourth-order valence-corrected chi connectivity index (χ4v) is 3.41. The van der Waals surface area contributed by atoms with Crippen LogP contribution in [0.2, 0.25) is 0 Å². The predicted molar refractivity (Wildman–Crippen MR) is 102 cm³/mol. The van der Waals surface area contributed by atoms with Crippen molar-refractivity contribution in [1.82, 2.24) is 5.43 Å². The molecule has 0 unspecified atom stereocenters. The van der Waals surface area contributed by atoms with Crippen LogP contribution in [-0.2, 0) is 9.53 Å². The minimum absolute atomic E-state index is 0.0781. The highest BCUT2D eigenvalue weighted by molar-refractivity contribution is 6.13. The molecule has 3 rings (SSSR count). The Kier molecular flexibility index (Phi) is 6.15. The molecule has 1 heterocycles. The molecule has 0 aromatic heterocycles. The molecule has 1 aliphatic rings. The van der Waals surface area contributed by atoms with Crippen LogP contribution in [-0.4, -0.2) is 43.5 Å². The van der Waals surface area contributed by atoms with Crippen molar-refractivity contribution in [3.05, 3.63) is 71.8 Å². The van der Waals surface area contributed by atoms with E-state index in [-0.39, 0.29) is 18.1 Å². The fraction of sp³-hybridized carbons (Fsp3) is 0.333. The third-order valence-electron chi connectivity index (χ3n) is 4.41. The van der Waals surface area contributed by atoms with Crippen molar-refractivity contribution < 1.29 is 14.4 Å². The highest BCUT2D eigenvalue weighted by Crippen LogP contribution is 2.10. The lowest BCUT2D eigenvalue weighted by Crippen LogP contribution is -3.16. The lowest BCUT2D eigenvalue weighted by molar-refractivity contribution is -0.907. The Hall–Kier alpha value is -2.50. The number of hydrogen-bond donors (Lipinski definition) is 2. The van der Waals surface area contributed by atoms with Crippen molar-refractivity contribution in [3.63, 3.8) is 0 Å². The fourth-order valence-electron chi connectivity index (χ4n) is 3.41. The van der Waals surface area contributed by atoms with Gasteiger partial charge in [-0.3, -0.25) is 4.79 Å². The molecule has 0 radical (unpaired) electrons. The Labute approximate surface area is 154 Å². The van der Waals surface area contributed by atoms with Crippen LogP contribution < -0.4 is 10.3 Å². The molecule has 5 nitrogen and oxygen atoms in total. The number of quaternary nitrogens is 1. The number of hydrazone groups is 1. The minimum Gasteiger partial charge on any atom is -0.364 e. The van der Waals surface area contributed by atoms with Gasteiger partial charge >= 0.3 is 0 Å². The van der Waals surface area contributed by atoms with Gasteiger partial charge in [0.15, 0.2) is 6.54 Å². The van der Waals surface area contributed by atoms with Gasteiger partial charge in [-0.05, 0) is 13.8 Å². The summed E-state index contributed by atoms with van der Waals surface area (Å²) in [6.45, 7) is 6.18. The van der Waals surface area contributed by atoms with Crippen LogP contribution in [0.15, 0.2) is 65.8 Å². The molecule has 2 aromatic rings. The molecule has 136 valence electrons. The number of hydrogen-bond acceptors (Lipinski definition) is 3. The summed E-state index contributed by atoms with van der Waals surface area (Å²) >= 11 is 0. The van der Waals surface area contributed by atoms with Gasteiger partial charge in [-0.1, -0.05) is 60.7 Å². The quantitative estimate of drug-likeness (QED) is 0.629. The Morgan fingerprint density at radius 1 is 1.00 bits per heavy atom. The molecule has 0 spiro atoms. The second-order valence-electron chi connectivity index (χ2n) is 6.82. The molecule has 1 fully saturated rings. The number of carbonyl (C=O) groups excluding carboxylic acids is 1. The van der Waals surface area contributed by atoms with Crippen LogP contribution >= 0.6 is 0 Å². The van der Waals surface area contributed by atoms with Crippen LogP contribution in [0.3, 0.4) is 0 Å². The van der Waals surface area contributed by atoms with Gasteiger partial charge in [-0.2, -0.15) is 5.10 Å². The van der Waals surface area contributed by atoms with Crippen molar-refractivity contribution in [2.24, 2.45) is 5.10 Å². The average Bonchev–Trinajstić information content (AvgIpc) is 2.63. The van der Waals surface area contributed by atoms with Gasteiger partial charge in [0.2, 0.25) is 0 Å². The van der Waals surface area contributed by atoms with E-state index < -0.39 is 0 Å². The molecule has 26 heavy (non-hydrogen) atoms. The van der Waals surface area contributed by atoms with E-state index in [9.17, 15) is 4.79 Å². The maximum absolute atomic E-state index is 12.4. The second-order valence-corrected chi connectivity index (χ2v) is 6.82. The number of amides is 1. The standard InChI is InChI=1S/C21H25N3O2/c1-16-13-24(14-17(2)26-16)15-20(25)22-23-21(18-9-5-3-6-10-18)19-11-7-4-8-12-19/h3-12,16-17H,13-15H2,1-2H3,(H,22,25)/p+1/t16-,17-/m1/s1. The summed E-state index contributed by atoms with van der Waals surface area (Å²) in [5, 5.41) is 4.44. The molecule has 2 aromatic carbocycles. The van der Waals surface area contributed by atoms with Crippen molar-refractivity contribution >= 4 is 11.6 Å². The number of nitrogens with zero attached hydrogens (tertiary/aromatic N) is 1. The van der Waals surface area contributed by atoms with E-state index in [0.717, 1.165) is 29.9 Å². The van der Waals surface area contributed by atoms with E-state index in [1.54, 1.807) is 0 Å². The van der Waals surface area contributed by atoms with E-state index >= 15 is 0 Å². The topological polar surface area (TPSA) is 55.1 Å². The maximum Gasteiger partial charge on any atom is 0.295 e. The summed E-state index contributed by atoms with van der Waals surface area (Å²) in [5.74, 6) is -0.0781. The Bertz CT molecular complexity index is 695. The van der Waals surface area contributed by atoms with Gasteiger partial charge in [0.05, 0.1) is 5.71 Å². The Morgan fingerprint density at radius 2 is 1.50 bits per heavy atom. The summed E-state index contributed by atoms with van der Waals surface area (Å²) in [6, 6.07) is 19.8. The average molecular weight is 352 g/mol. The van der Waals surface area contributed by atoms with Crippen molar-refractivity contribution in [1.29, 1.82) is 0 Å². The van der Waals surface area contributed by atoms with Crippen LogP contribution in [0, 0.1) is 0 Å². The predicted octanol–water partition coefficient (Wildman–Crippen LogP) is 1.25. The highest BCUT2D eigenvalue weighted by Gasteiger charge is 2.27. The maximum atomic E-state index is 12.4. The molecule has 2 N–H and O–H groups in total. The Morgan fingerprint density at radius 3 is 2.00 bits per heavy atom. The summed E-state index contributed by atoms with van der Waals surface area (Å²) in [5.41, 5.74) is 5.45. The minimum atomic E-state index is -0.0781. The van der Waals surface area contributed by atoms with Crippen molar-refractivity contribution in [2.75, 3.05) is 19.6 Å². The van der Waals surface area contributed by atoms with Gasteiger partial charge in [0.1, 0.15) is 25.3 Å². The van der Waals surface area contributed by atoms with Gasteiger partial charge in [0.25, 0.3) is 5.91 Å². The zero-order valence-corrected chi connectivity index (χ0v) is 15.3. The summed E-state index contributed by atoms with van der Waals surface area (Å²) in [4.78, 5) is 13.6.